The fraction of sp³-hybridized carbons (Fsp3) is 0.308. The summed E-state index contributed by atoms with van der Waals surface area (Å²) in [7, 11) is 0. The van der Waals surface area contributed by atoms with Crippen LogP contribution >= 0.6 is 11.3 Å². The lowest BCUT2D eigenvalue weighted by Gasteiger charge is -2.22. The second-order valence-corrected chi connectivity index (χ2v) is 5.35. The Morgan fingerprint density at radius 1 is 1.50 bits per heavy atom. The van der Waals surface area contributed by atoms with Gasteiger partial charge >= 0.3 is 0 Å². The van der Waals surface area contributed by atoms with Crippen molar-refractivity contribution in [3.8, 4) is 0 Å². The molecule has 0 aliphatic heterocycles. The molecule has 0 spiro atoms. The molecule has 0 saturated heterocycles. The van der Waals surface area contributed by atoms with Gasteiger partial charge in [-0.15, -0.1) is 11.3 Å². The van der Waals surface area contributed by atoms with Crippen molar-refractivity contribution >= 4 is 17.2 Å². The van der Waals surface area contributed by atoms with Crippen LogP contribution < -0.4 is 5.32 Å². The summed E-state index contributed by atoms with van der Waals surface area (Å²) in [6, 6.07) is 7.46. The standard InChI is InChI=1S/C13H16N2O2S/c1-13(17,11-5-3-7-18-11)9-15-12(16)8-10-4-2-6-14-10/h2-7,14,17H,8-9H2,1H3,(H,15,16). The molecule has 18 heavy (non-hydrogen) atoms. The minimum absolute atomic E-state index is 0.103. The van der Waals surface area contributed by atoms with Gasteiger partial charge in [0.1, 0.15) is 5.60 Å². The van der Waals surface area contributed by atoms with Gasteiger partial charge in [-0.1, -0.05) is 6.07 Å². The van der Waals surface area contributed by atoms with E-state index >= 15 is 0 Å². The van der Waals surface area contributed by atoms with Crippen molar-refractivity contribution in [3.05, 3.63) is 46.4 Å². The number of carbonyl (C=O) groups is 1. The number of aromatic nitrogens is 1. The average molecular weight is 264 g/mol. The Morgan fingerprint density at radius 3 is 2.94 bits per heavy atom. The summed E-state index contributed by atoms with van der Waals surface area (Å²) in [6.45, 7) is 1.92. The Bertz CT molecular complexity index is 489. The van der Waals surface area contributed by atoms with E-state index in [9.17, 15) is 9.90 Å². The van der Waals surface area contributed by atoms with Gasteiger partial charge in [-0.2, -0.15) is 0 Å². The van der Waals surface area contributed by atoms with Crippen LogP contribution in [0, 0.1) is 0 Å². The van der Waals surface area contributed by atoms with E-state index in [0.717, 1.165) is 10.6 Å². The predicted octanol–water partition coefficient (Wildman–Crippen LogP) is 1.64. The van der Waals surface area contributed by atoms with E-state index in [1.807, 2.05) is 29.6 Å². The first-order valence-corrected chi connectivity index (χ1v) is 6.61. The largest absolute Gasteiger partial charge is 0.383 e. The SMILES string of the molecule is CC(O)(CNC(=O)Cc1ccc[nH]1)c1cccs1. The van der Waals surface area contributed by atoms with E-state index in [0.29, 0.717) is 6.42 Å². The Morgan fingerprint density at radius 2 is 2.33 bits per heavy atom. The third-order valence-electron chi connectivity index (χ3n) is 2.70. The molecule has 0 aromatic carbocycles. The van der Waals surface area contributed by atoms with Crippen molar-refractivity contribution < 1.29 is 9.90 Å². The molecule has 96 valence electrons. The monoisotopic (exact) mass is 264 g/mol. The predicted molar refractivity (Wildman–Crippen MR) is 71.4 cm³/mol. The Balaban J connectivity index is 1.86. The maximum atomic E-state index is 11.7. The van der Waals surface area contributed by atoms with E-state index in [1.165, 1.54) is 11.3 Å². The number of carbonyl (C=O) groups excluding carboxylic acids is 1. The van der Waals surface area contributed by atoms with Gasteiger partial charge in [-0.05, 0) is 30.5 Å². The number of nitrogens with one attached hydrogen (secondary N) is 2. The summed E-state index contributed by atoms with van der Waals surface area (Å²) >= 11 is 1.48. The highest BCUT2D eigenvalue weighted by atomic mass is 32.1. The minimum Gasteiger partial charge on any atom is -0.383 e. The first-order valence-electron chi connectivity index (χ1n) is 5.73. The highest BCUT2D eigenvalue weighted by Gasteiger charge is 2.24. The zero-order chi connectivity index (χ0) is 13.0. The lowest BCUT2D eigenvalue weighted by Crippen LogP contribution is -2.38. The summed E-state index contributed by atoms with van der Waals surface area (Å²) in [5.74, 6) is -0.103. The van der Waals surface area contributed by atoms with Crippen LogP contribution in [0.5, 0.6) is 0 Å². The van der Waals surface area contributed by atoms with E-state index < -0.39 is 5.60 Å². The highest BCUT2D eigenvalue weighted by molar-refractivity contribution is 7.10. The first-order chi connectivity index (χ1) is 8.58. The number of aliphatic hydroxyl groups is 1. The maximum Gasteiger partial charge on any atom is 0.226 e. The van der Waals surface area contributed by atoms with Crippen LogP contribution in [0.25, 0.3) is 0 Å². The van der Waals surface area contributed by atoms with Gasteiger partial charge in [0.15, 0.2) is 0 Å². The molecule has 1 unspecified atom stereocenters. The van der Waals surface area contributed by atoms with Crippen LogP contribution in [0.3, 0.4) is 0 Å². The summed E-state index contributed by atoms with van der Waals surface area (Å²) in [5.41, 5.74) is -0.150. The smallest absolute Gasteiger partial charge is 0.226 e. The van der Waals surface area contributed by atoms with E-state index in [-0.39, 0.29) is 12.5 Å². The van der Waals surface area contributed by atoms with E-state index in [1.54, 1.807) is 13.1 Å². The van der Waals surface area contributed by atoms with Crippen LogP contribution in [0.4, 0.5) is 0 Å². The molecule has 2 heterocycles. The molecule has 5 heteroatoms. The third kappa shape index (κ3) is 3.21. The molecule has 0 aliphatic carbocycles. The molecular formula is C13H16N2O2S. The van der Waals surface area contributed by atoms with Crippen molar-refractivity contribution in [2.75, 3.05) is 6.54 Å². The first kappa shape index (κ1) is 12.9. The zero-order valence-corrected chi connectivity index (χ0v) is 11.0. The maximum absolute atomic E-state index is 11.7. The number of hydrogen-bond acceptors (Lipinski definition) is 3. The third-order valence-corrected chi connectivity index (χ3v) is 3.82. The summed E-state index contributed by atoms with van der Waals surface area (Å²) in [4.78, 5) is 15.5. The van der Waals surface area contributed by atoms with Gasteiger partial charge < -0.3 is 15.4 Å². The fourth-order valence-corrected chi connectivity index (χ4v) is 2.44. The highest BCUT2D eigenvalue weighted by Crippen LogP contribution is 2.24. The molecule has 2 aromatic rings. The fourth-order valence-electron chi connectivity index (χ4n) is 1.66. The molecule has 3 N–H and O–H groups in total. The second-order valence-electron chi connectivity index (χ2n) is 4.40. The van der Waals surface area contributed by atoms with Crippen LogP contribution in [0.2, 0.25) is 0 Å². The van der Waals surface area contributed by atoms with Gasteiger partial charge in [-0.25, -0.2) is 0 Å². The molecular weight excluding hydrogens is 248 g/mol. The molecule has 2 rings (SSSR count). The molecule has 0 saturated carbocycles. The number of hydrogen-bond donors (Lipinski definition) is 3. The second kappa shape index (κ2) is 5.37. The Hall–Kier alpha value is -1.59. The molecule has 2 aromatic heterocycles. The topological polar surface area (TPSA) is 65.1 Å². The number of aromatic amines is 1. The molecule has 0 bridgehead atoms. The molecule has 1 atom stereocenters. The Kier molecular flexibility index (Phi) is 3.84. The van der Waals surface area contributed by atoms with Gasteiger partial charge in [0.25, 0.3) is 0 Å². The molecule has 1 amide bonds. The van der Waals surface area contributed by atoms with Gasteiger partial charge in [-0.3, -0.25) is 4.79 Å². The lowest BCUT2D eigenvalue weighted by molar-refractivity contribution is -0.121. The van der Waals surface area contributed by atoms with E-state index in [2.05, 4.69) is 10.3 Å². The lowest BCUT2D eigenvalue weighted by atomic mass is 10.1. The van der Waals surface area contributed by atoms with Crippen LogP contribution in [0.1, 0.15) is 17.5 Å². The van der Waals surface area contributed by atoms with Gasteiger partial charge in [0, 0.05) is 16.8 Å². The Labute approximate surface area is 110 Å². The van der Waals surface area contributed by atoms with Gasteiger partial charge in [0.05, 0.1) is 13.0 Å². The molecule has 0 aliphatic rings. The van der Waals surface area contributed by atoms with Crippen molar-refractivity contribution in [1.29, 1.82) is 0 Å². The van der Waals surface area contributed by atoms with Crippen LogP contribution in [-0.2, 0) is 16.8 Å². The zero-order valence-electron chi connectivity index (χ0n) is 10.1. The van der Waals surface area contributed by atoms with Crippen molar-refractivity contribution in [2.24, 2.45) is 0 Å². The van der Waals surface area contributed by atoms with Crippen LogP contribution in [-0.4, -0.2) is 22.5 Å². The molecule has 0 fully saturated rings. The molecule has 0 radical (unpaired) electrons. The summed E-state index contributed by atoms with van der Waals surface area (Å²) < 4.78 is 0. The number of rotatable bonds is 5. The quantitative estimate of drug-likeness (QED) is 0.768. The molecule has 4 nitrogen and oxygen atoms in total. The van der Waals surface area contributed by atoms with Crippen molar-refractivity contribution in [3.63, 3.8) is 0 Å². The van der Waals surface area contributed by atoms with E-state index in [4.69, 9.17) is 0 Å². The average Bonchev–Trinajstić information content (AvgIpc) is 2.99. The van der Waals surface area contributed by atoms with Crippen LogP contribution in [0.15, 0.2) is 35.8 Å². The number of thiophene rings is 1. The summed E-state index contributed by atoms with van der Waals surface area (Å²) in [5, 5.41) is 14.9. The normalized spacial score (nSPS) is 14.1. The number of amides is 1. The number of H-pyrrole nitrogens is 1. The van der Waals surface area contributed by atoms with Crippen molar-refractivity contribution in [1.82, 2.24) is 10.3 Å². The van der Waals surface area contributed by atoms with Crippen molar-refractivity contribution in [2.45, 2.75) is 18.9 Å². The minimum atomic E-state index is -1.01. The van der Waals surface area contributed by atoms with Gasteiger partial charge in [0.2, 0.25) is 5.91 Å². The summed E-state index contributed by atoms with van der Waals surface area (Å²) in [6.07, 6.45) is 2.08.